The average Bonchev–Trinajstić information content (AvgIpc) is 2.86. The first-order valence-electron chi connectivity index (χ1n) is 14.1. The summed E-state index contributed by atoms with van der Waals surface area (Å²) in [6.07, 6.45) is 4.14. The van der Waals surface area contributed by atoms with Crippen LogP contribution in [-0.4, -0.2) is 55.4 Å². The molecule has 8 heteroatoms. The molecule has 0 fully saturated rings. The van der Waals surface area contributed by atoms with Crippen molar-refractivity contribution in [3.63, 3.8) is 0 Å². The normalized spacial score (nSPS) is 18.6. The first-order chi connectivity index (χ1) is 18.5. The smallest absolute Gasteiger partial charge is 0.330 e. The van der Waals surface area contributed by atoms with Crippen molar-refractivity contribution < 1.29 is 28.2 Å². The molecular weight excluding hydrogens is 537 g/mol. The lowest BCUT2D eigenvalue weighted by molar-refractivity contribution is -0.134. The minimum atomic E-state index is -2.12. The maximum atomic E-state index is 12.2. The lowest BCUT2D eigenvalue weighted by Gasteiger charge is -2.42. The summed E-state index contributed by atoms with van der Waals surface area (Å²) < 4.78 is 29.8. The minimum Gasteiger partial charge on any atom is -0.497 e. The second kappa shape index (κ2) is 14.5. The van der Waals surface area contributed by atoms with E-state index in [0.29, 0.717) is 26.1 Å². The van der Waals surface area contributed by atoms with Crippen LogP contribution in [0.1, 0.15) is 46.1 Å². The Kier molecular flexibility index (Phi) is 12.3. The molecule has 0 bridgehead atoms. The van der Waals surface area contributed by atoms with Crippen LogP contribution < -0.4 is 4.74 Å². The number of rotatable bonds is 11. The van der Waals surface area contributed by atoms with Crippen molar-refractivity contribution in [2.75, 3.05) is 20.8 Å². The summed E-state index contributed by atoms with van der Waals surface area (Å²) in [5.74, 6) is 4.63. The summed E-state index contributed by atoms with van der Waals surface area (Å²) in [5, 5.41) is 0.0397. The van der Waals surface area contributed by atoms with Crippen LogP contribution in [-0.2, 0) is 30.0 Å². The standard InChI is InChI=1S/C32H50O6Si2/c1-24(22-36-23-25-14-16-27(34-5)17-15-25)29-19-26(21-31(33)35-6)20-30(37-29)28(13-12-18-39(7,8)9)38-40(10,11)32(2,3)4/h14-17,19,21,24,28,30H,13,20,22-23H2,1-11H3/b26-21-/t24-,28-,30-/m0/s1. The first-order valence-corrected chi connectivity index (χ1v) is 20.5. The van der Waals surface area contributed by atoms with Gasteiger partial charge in [0.15, 0.2) is 8.32 Å². The monoisotopic (exact) mass is 586 g/mol. The molecule has 6 nitrogen and oxygen atoms in total. The van der Waals surface area contributed by atoms with Gasteiger partial charge in [-0.25, -0.2) is 4.79 Å². The van der Waals surface area contributed by atoms with Gasteiger partial charge in [0.2, 0.25) is 0 Å². The third-order valence-corrected chi connectivity index (χ3v) is 12.7. The lowest BCUT2D eigenvalue weighted by Crippen LogP contribution is -2.48. The third kappa shape index (κ3) is 10.9. The van der Waals surface area contributed by atoms with Gasteiger partial charge in [0.25, 0.3) is 0 Å². The zero-order valence-electron chi connectivity index (χ0n) is 26.5. The van der Waals surface area contributed by atoms with Gasteiger partial charge in [-0.1, -0.05) is 59.5 Å². The van der Waals surface area contributed by atoms with Gasteiger partial charge in [-0.2, -0.15) is 0 Å². The predicted octanol–water partition coefficient (Wildman–Crippen LogP) is 7.28. The summed E-state index contributed by atoms with van der Waals surface area (Å²) in [6.45, 7) is 21.0. The van der Waals surface area contributed by atoms with Crippen LogP contribution in [0.4, 0.5) is 0 Å². The highest BCUT2D eigenvalue weighted by atomic mass is 28.4. The Morgan fingerprint density at radius 2 is 1.77 bits per heavy atom. The van der Waals surface area contributed by atoms with Crippen molar-refractivity contribution in [2.45, 2.75) is 97.1 Å². The van der Waals surface area contributed by atoms with E-state index in [1.54, 1.807) is 13.2 Å². The Morgan fingerprint density at radius 1 is 1.12 bits per heavy atom. The molecule has 3 atom stereocenters. The summed E-state index contributed by atoms with van der Waals surface area (Å²) in [6, 6.07) is 7.85. The van der Waals surface area contributed by atoms with Crippen LogP contribution in [0.5, 0.6) is 5.75 Å². The maximum Gasteiger partial charge on any atom is 0.330 e. The molecule has 1 aromatic rings. The largest absolute Gasteiger partial charge is 0.497 e. The Morgan fingerprint density at radius 3 is 2.33 bits per heavy atom. The second-order valence-corrected chi connectivity index (χ2v) is 22.6. The van der Waals surface area contributed by atoms with Gasteiger partial charge in [-0.3, -0.25) is 0 Å². The maximum absolute atomic E-state index is 12.2. The molecule has 2 rings (SSSR count). The van der Waals surface area contributed by atoms with Gasteiger partial charge >= 0.3 is 5.97 Å². The van der Waals surface area contributed by atoms with E-state index in [0.717, 1.165) is 22.6 Å². The summed E-state index contributed by atoms with van der Waals surface area (Å²) in [7, 11) is -0.617. The fraction of sp³-hybridized carbons (Fsp3) is 0.594. The van der Waals surface area contributed by atoms with Gasteiger partial charge in [-0.15, -0.1) is 11.5 Å². The van der Waals surface area contributed by atoms with E-state index >= 15 is 0 Å². The molecule has 222 valence electrons. The number of benzene rings is 1. The zero-order chi connectivity index (χ0) is 30.1. The number of carbonyl (C=O) groups is 1. The number of hydrogen-bond donors (Lipinski definition) is 0. The van der Waals surface area contributed by atoms with Crippen molar-refractivity contribution in [1.29, 1.82) is 0 Å². The Balaban J connectivity index is 2.29. The third-order valence-electron chi connectivity index (χ3n) is 7.27. The molecular formula is C32H50O6Si2. The van der Waals surface area contributed by atoms with Crippen LogP contribution in [0.2, 0.25) is 37.8 Å². The highest BCUT2D eigenvalue weighted by Gasteiger charge is 2.42. The molecule has 1 aromatic carbocycles. The van der Waals surface area contributed by atoms with E-state index in [1.807, 2.05) is 30.3 Å². The van der Waals surface area contributed by atoms with E-state index in [4.69, 9.17) is 23.4 Å². The van der Waals surface area contributed by atoms with Crippen LogP contribution in [0.15, 0.2) is 47.7 Å². The van der Waals surface area contributed by atoms with Gasteiger partial charge in [-0.05, 0) is 47.5 Å². The van der Waals surface area contributed by atoms with Gasteiger partial charge < -0.3 is 23.4 Å². The van der Waals surface area contributed by atoms with Gasteiger partial charge in [0, 0.05) is 24.8 Å². The highest BCUT2D eigenvalue weighted by molar-refractivity contribution is 6.83. The quantitative estimate of drug-likeness (QED) is 0.118. The molecule has 0 saturated carbocycles. The van der Waals surface area contributed by atoms with Crippen molar-refractivity contribution in [1.82, 2.24) is 0 Å². The average molecular weight is 587 g/mol. The highest BCUT2D eigenvalue weighted by Crippen LogP contribution is 2.40. The predicted molar refractivity (Wildman–Crippen MR) is 167 cm³/mol. The number of hydrogen-bond acceptors (Lipinski definition) is 6. The van der Waals surface area contributed by atoms with Crippen molar-refractivity contribution in [2.24, 2.45) is 5.92 Å². The molecule has 0 aliphatic carbocycles. The number of carbonyl (C=O) groups excluding carboxylic acids is 1. The number of methoxy groups -OCH3 is 2. The van der Waals surface area contributed by atoms with Crippen LogP contribution in [0.25, 0.3) is 0 Å². The summed E-state index contributed by atoms with van der Waals surface area (Å²) >= 11 is 0. The van der Waals surface area contributed by atoms with Crippen LogP contribution >= 0.6 is 0 Å². The zero-order valence-corrected chi connectivity index (χ0v) is 28.5. The first kappa shape index (κ1) is 33.9. The van der Waals surface area contributed by atoms with E-state index < -0.39 is 16.4 Å². The lowest BCUT2D eigenvalue weighted by atomic mass is 9.95. The fourth-order valence-electron chi connectivity index (χ4n) is 3.88. The molecule has 0 radical (unpaired) electrons. The molecule has 0 aromatic heterocycles. The molecule has 0 spiro atoms. The second-order valence-electron chi connectivity index (χ2n) is 13.1. The number of ether oxygens (including phenoxy) is 4. The molecule has 0 unspecified atom stereocenters. The van der Waals surface area contributed by atoms with Gasteiger partial charge in [0.1, 0.15) is 25.7 Å². The van der Waals surface area contributed by atoms with Gasteiger partial charge in [0.05, 0.1) is 33.5 Å². The van der Waals surface area contributed by atoms with Crippen LogP contribution in [0, 0.1) is 17.4 Å². The van der Waals surface area contributed by atoms with Crippen molar-refractivity contribution in [3.8, 4) is 17.2 Å². The summed E-state index contributed by atoms with van der Waals surface area (Å²) in [4.78, 5) is 12.2. The fourth-order valence-corrected chi connectivity index (χ4v) is 5.86. The molecule has 1 aliphatic rings. The summed E-state index contributed by atoms with van der Waals surface area (Å²) in [5.41, 5.74) is 5.42. The molecule has 0 saturated heterocycles. The SMILES string of the molecule is COC(=O)/C=C1/C=C([C@@H](C)COCc2ccc(OC)cc2)O[C@H]([C@H](CC#C[Si](C)(C)C)O[Si](C)(C)C(C)(C)C)C1. The van der Waals surface area contributed by atoms with Crippen molar-refractivity contribution in [3.05, 3.63) is 53.3 Å². The van der Waals surface area contributed by atoms with E-state index in [-0.39, 0.29) is 29.1 Å². The molecule has 1 heterocycles. The molecule has 1 aliphatic heterocycles. The van der Waals surface area contributed by atoms with E-state index in [9.17, 15) is 4.79 Å². The molecule has 40 heavy (non-hydrogen) atoms. The molecule has 0 N–H and O–H groups in total. The Bertz CT molecular complexity index is 1100. The van der Waals surface area contributed by atoms with Crippen molar-refractivity contribution >= 4 is 22.4 Å². The van der Waals surface area contributed by atoms with Crippen LogP contribution in [0.3, 0.4) is 0 Å². The number of esters is 1. The Hall–Kier alpha value is -2.32. The Labute approximate surface area is 244 Å². The topological polar surface area (TPSA) is 63.2 Å². The van der Waals surface area contributed by atoms with E-state index in [1.165, 1.54) is 7.11 Å². The molecule has 0 amide bonds. The minimum absolute atomic E-state index is 0.0244. The van der Waals surface area contributed by atoms with E-state index in [2.05, 4.69) is 71.9 Å². The number of allylic oxidation sites excluding steroid dienone is 1.